The fourth-order valence-corrected chi connectivity index (χ4v) is 3.18. The molecule has 1 saturated heterocycles. The highest BCUT2D eigenvalue weighted by Crippen LogP contribution is 2.23. The zero-order valence-corrected chi connectivity index (χ0v) is 15.5. The first-order valence-electron chi connectivity index (χ1n) is 9.22. The number of hydrogen-bond acceptors (Lipinski definition) is 4. The number of ether oxygens (including phenoxy) is 1. The van der Waals surface area contributed by atoms with Gasteiger partial charge in [0, 0.05) is 38.2 Å². The van der Waals surface area contributed by atoms with Crippen LogP contribution in [-0.4, -0.2) is 49.1 Å². The molecule has 1 fully saturated rings. The number of hydrogen-bond donors (Lipinski definition) is 2. The van der Waals surface area contributed by atoms with Crippen molar-refractivity contribution in [3.05, 3.63) is 35.4 Å². The Labute approximate surface area is 158 Å². The van der Waals surface area contributed by atoms with E-state index in [0.29, 0.717) is 26.2 Å². The van der Waals surface area contributed by atoms with E-state index in [0.717, 1.165) is 31.4 Å². The molecule has 0 aliphatic carbocycles. The van der Waals surface area contributed by atoms with Gasteiger partial charge in [-0.1, -0.05) is 6.07 Å². The number of carbonyl (C=O) groups is 2. The molecule has 6 nitrogen and oxygen atoms in total. The summed E-state index contributed by atoms with van der Waals surface area (Å²) in [5.74, 6) is -2.06. The summed E-state index contributed by atoms with van der Waals surface area (Å²) >= 11 is 0. The largest absolute Gasteiger partial charge is 0.378 e. The van der Waals surface area contributed by atoms with Gasteiger partial charge in [-0.05, 0) is 31.9 Å². The normalized spacial score (nSPS) is 16.2. The maximum absolute atomic E-state index is 14.1. The first-order chi connectivity index (χ1) is 12.9. The zero-order chi connectivity index (χ0) is 19.8. The molecule has 1 aliphatic heterocycles. The van der Waals surface area contributed by atoms with Gasteiger partial charge in [0.05, 0.1) is 18.6 Å². The number of carbonyl (C=O) groups excluding carboxylic acids is 2. The van der Waals surface area contributed by atoms with E-state index in [1.807, 2.05) is 0 Å². The van der Waals surface area contributed by atoms with Crippen molar-refractivity contribution in [3.8, 4) is 0 Å². The molecule has 27 heavy (non-hydrogen) atoms. The number of halogens is 2. The van der Waals surface area contributed by atoms with Crippen LogP contribution in [0.4, 0.5) is 8.78 Å². The van der Waals surface area contributed by atoms with Crippen molar-refractivity contribution >= 4 is 11.8 Å². The van der Waals surface area contributed by atoms with Gasteiger partial charge < -0.3 is 20.7 Å². The van der Waals surface area contributed by atoms with E-state index in [1.54, 1.807) is 4.90 Å². The van der Waals surface area contributed by atoms with Gasteiger partial charge in [0.1, 0.15) is 11.6 Å². The topological polar surface area (TPSA) is 84.7 Å². The van der Waals surface area contributed by atoms with E-state index < -0.39 is 17.7 Å². The van der Waals surface area contributed by atoms with Crippen LogP contribution in [0.5, 0.6) is 0 Å². The first-order valence-corrected chi connectivity index (χ1v) is 9.22. The minimum Gasteiger partial charge on any atom is -0.378 e. The summed E-state index contributed by atoms with van der Waals surface area (Å²) in [6.45, 7) is 3.59. The second-order valence-corrected chi connectivity index (χ2v) is 6.72. The second-order valence-electron chi connectivity index (χ2n) is 6.72. The molecule has 1 aromatic rings. The fourth-order valence-electron chi connectivity index (χ4n) is 3.18. The van der Waals surface area contributed by atoms with E-state index >= 15 is 0 Å². The number of nitrogens with one attached hydrogen (secondary N) is 1. The predicted molar refractivity (Wildman–Crippen MR) is 96.8 cm³/mol. The van der Waals surface area contributed by atoms with Crippen LogP contribution in [0.2, 0.25) is 0 Å². The Kier molecular flexibility index (Phi) is 8.12. The summed E-state index contributed by atoms with van der Waals surface area (Å²) in [4.78, 5) is 25.8. The Balaban J connectivity index is 1.95. The van der Waals surface area contributed by atoms with Gasteiger partial charge in [0.15, 0.2) is 0 Å². The van der Waals surface area contributed by atoms with Gasteiger partial charge in [-0.25, -0.2) is 8.78 Å². The maximum Gasteiger partial charge on any atom is 0.224 e. The lowest BCUT2D eigenvalue weighted by Crippen LogP contribution is -2.42. The van der Waals surface area contributed by atoms with E-state index in [-0.39, 0.29) is 29.9 Å². The Morgan fingerprint density at radius 3 is 2.63 bits per heavy atom. The molecule has 2 amide bonds. The molecule has 0 aromatic heterocycles. The van der Waals surface area contributed by atoms with Gasteiger partial charge >= 0.3 is 0 Å². The smallest absolute Gasteiger partial charge is 0.224 e. The van der Waals surface area contributed by atoms with Crippen molar-refractivity contribution in [2.24, 2.45) is 5.73 Å². The average Bonchev–Trinajstić information content (AvgIpc) is 2.61. The Morgan fingerprint density at radius 1 is 1.33 bits per heavy atom. The minimum atomic E-state index is -0.839. The first kappa shape index (κ1) is 21.2. The summed E-state index contributed by atoms with van der Waals surface area (Å²) in [5, 5.41) is 2.58. The van der Waals surface area contributed by atoms with Gasteiger partial charge in [0.2, 0.25) is 11.8 Å². The highest BCUT2D eigenvalue weighted by Gasteiger charge is 2.27. The maximum atomic E-state index is 14.1. The van der Waals surface area contributed by atoms with E-state index in [1.165, 1.54) is 13.0 Å². The summed E-state index contributed by atoms with van der Waals surface area (Å²) in [6.07, 6.45) is 2.29. The van der Waals surface area contributed by atoms with Crippen LogP contribution in [0, 0.1) is 11.6 Å². The SMILES string of the molecule is CC(=O)NC(CC(=O)N1CCC(OCCCN)CC1)c1ccc(F)cc1F. The Morgan fingerprint density at radius 2 is 2.04 bits per heavy atom. The molecule has 1 aromatic carbocycles. The number of likely N-dealkylation sites (tertiary alicyclic amines) is 1. The molecule has 0 bridgehead atoms. The third-order valence-corrected chi connectivity index (χ3v) is 4.59. The van der Waals surface area contributed by atoms with Crippen molar-refractivity contribution < 1.29 is 23.1 Å². The summed E-state index contributed by atoms with van der Waals surface area (Å²) in [5.41, 5.74) is 5.54. The van der Waals surface area contributed by atoms with Crippen LogP contribution in [0.1, 0.15) is 44.2 Å². The van der Waals surface area contributed by atoms with Crippen LogP contribution in [0.15, 0.2) is 18.2 Å². The number of piperidine rings is 1. The molecule has 2 rings (SSSR count). The summed E-state index contributed by atoms with van der Waals surface area (Å²) in [7, 11) is 0. The molecule has 3 N–H and O–H groups in total. The summed E-state index contributed by atoms with van der Waals surface area (Å²) in [6, 6.07) is 2.28. The number of nitrogens with two attached hydrogens (primary N) is 1. The molecule has 1 aliphatic rings. The molecule has 1 heterocycles. The number of rotatable bonds is 8. The van der Waals surface area contributed by atoms with E-state index in [2.05, 4.69) is 5.32 Å². The lowest BCUT2D eigenvalue weighted by Gasteiger charge is -2.33. The molecule has 1 unspecified atom stereocenters. The number of amides is 2. The van der Waals surface area contributed by atoms with Gasteiger partial charge in [-0.2, -0.15) is 0 Å². The second kappa shape index (κ2) is 10.3. The van der Waals surface area contributed by atoms with Crippen LogP contribution in [0.25, 0.3) is 0 Å². The summed E-state index contributed by atoms with van der Waals surface area (Å²) < 4.78 is 33.0. The Hall–Kier alpha value is -2.06. The van der Waals surface area contributed by atoms with Crippen molar-refractivity contribution in [1.82, 2.24) is 10.2 Å². The van der Waals surface area contributed by atoms with Gasteiger partial charge in [-0.3, -0.25) is 9.59 Å². The van der Waals surface area contributed by atoms with Crippen molar-refractivity contribution in [2.45, 2.75) is 44.8 Å². The third kappa shape index (κ3) is 6.55. The zero-order valence-electron chi connectivity index (χ0n) is 15.5. The molecule has 0 spiro atoms. The highest BCUT2D eigenvalue weighted by molar-refractivity contribution is 5.79. The fraction of sp³-hybridized carbons (Fsp3) is 0.579. The lowest BCUT2D eigenvalue weighted by molar-refractivity contribution is -0.134. The average molecular weight is 383 g/mol. The highest BCUT2D eigenvalue weighted by atomic mass is 19.1. The molecular formula is C19H27F2N3O3. The van der Waals surface area contributed by atoms with Crippen molar-refractivity contribution in [1.29, 1.82) is 0 Å². The molecule has 1 atom stereocenters. The molecule has 8 heteroatoms. The van der Waals surface area contributed by atoms with Gasteiger partial charge in [0.25, 0.3) is 0 Å². The molecule has 0 radical (unpaired) electrons. The molecule has 150 valence electrons. The van der Waals surface area contributed by atoms with Crippen LogP contribution in [0.3, 0.4) is 0 Å². The van der Waals surface area contributed by atoms with Crippen molar-refractivity contribution in [3.63, 3.8) is 0 Å². The monoisotopic (exact) mass is 383 g/mol. The molecular weight excluding hydrogens is 356 g/mol. The van der Waals surface area contributed by atoms with Crippen molar-refractivity contribution in [2.75, 3.05) is 26.2 Å². The van der Waals surface area contributed by atoms with Gasteiger partial charge in [-0.15, -0.1) is 0 Å². The standard InChI is InChI=1S/C19H27F2N3O3/c1-13(25)23-18(16-4-3-14(20)11-17(16)21)12-19(26)24-8-5-15(6-9-24)27-10-2-7-22/h3-4,11,15,18H,2,5-10,12,22H2,1H3,(H,23,25). The van der Waals surface area contributed by atoms with E-state index in [9.17, 15) is 18.4 Å². The van der Waals surface area contributed by atoms with E-state index in [4.69, 9.17) is 10.5 Å². The number of benzene rings is 1. The predicted octanol–water partition coefficient (Wildman–Crippen LogP) is 1.89. The lowest BCUT2D eigenvalue weighted by atomic mass is 10.0. The third-order valence-electron chi connectivity index (χ3n) is 4.59. The quantitative estimate of drug-likeness (QED) is 0.672. The van der Waals surface area contributed by atoms with Crippen LogP contribution in [-0.2, 0) is 14.3 Å². The molecule has 0 saturated carbocycles. The van der Waals surface area contributed by atoms with Crippen LogP contribution >= 0.6 is 0 Å². The van der Waals surface area contributed by atoms with Crippen LogP contribution < -0.4 is 11.1 Å². The minimum absolute atomic E-state index is 0.0825. The number of nitrogens with zero attached hydrogens (tertiary/aromatic N) is 1. The Bertz CT molecular complexity index is 649.